The highest BCUT2D eigenvalue weighted by Crippen LogP contribution is 2.36. The average molecular weight is 458 g/mol. The summed E-state index contributed by atoms with van der Waals surface area (Å²) >= 11 is 1.55. The molecule has 0 spiro atoms. The van der Waals surface area contributed by atoms with E-state index in [0.717, 1.165) is 40.2 Å². The minimum atomic E-state index is -1.01. The van der Waals surface area contributed by atoms with E-state index in [1.807, 2.05) is 24.3 Å². The summed E-state index contributed by atoms with van der Waals surface area (Å²) < 4.78 is 6.60. The third-order valence-corrected chi connectivity index (χ3v) is 7.23. The lowest BCUT2D eigenvalue weighted by Gasteiger charge is -2.24. The quantitative estimate of drug-likeness (QED) is 0.376. The summed E-state index contributed by atoms with van der Waals surface area (Å²) in [7, 11) is 0. The maximum absolute atomic E-state index is 10.5. The molecule has 3 aromatic rings. The third-order valence-electron chi connectivity index (χ3n) is 6.17. The minimum absolute atomic E-state index is 0.141. The largest absolute Gasteiger partial charge is 0.396 e. The zero-order valence-electron chi connectivity index (χ0n) is 17.5. The van der Waals surface area contributed by atoms with E-state index in [1.165, 1.54) is 0 Å². The van der Waals surface area contributed by atoms with Crippen LogP contribution in [0.25, 0.3) is 20.8 Å². The number of nitrogens with one attached hydrogen (secondary N) is 2. The van der Waals surface area contributed by atoms with Crippen molar-refractivity contribution in [1.82, 2.24) is 15.0 Å². The van der Waals surface area contributed by atoms with E-state index in [2.05, 4.69) is 15.6 Å². The molecule has 0 bridgehead atoms. The van der Waals surface area contributed by atoms with Crippen LogP contribution < -0.4 is 10.6 Å². The maximum Gasteiger partial charge on any atom is 0.224 e. The molecule has 32 heavy (non-hydrogen) atoms. The lowest BCUT2D eigenvalue weighted by atomic mass is 10.1. The fraction of sp³-hybridized carbons (Fsp3) is 0.500. The van der Waals surface area contributed by atoms with E-state index in [4.69, 9.17) is 14.7 Å². The summed E-state index contributed by atoms with van der Waals surface area (Å²) in [5.41, 5.74) is 1.63. The molecule has 0 radical (unpaired) electrons. The highest BCUT2D eigenvalue weighted by Gasteiger charge is 2.41. The van der Waals surface area contributed by atoms with Gasteiger partial charge in [0, 0.05) is 25.3 Å². The number of aliphatic hydroxyl groups excluding tert-OH is 3. The molecule has 0 amide bonds. The smallest absolute Gasteiger partial charge is 0.224 e. The van der Waals surface area contributed by atoms with Gasteiger partial charge in [-0.1, -0.05) is 12.1 Å². The molecule has 9 nitrogen and oxygen atoms in total. The van der Waals surface area contributed by atoms with Crippen molar-refractivity contribution in [3.8, 4) is 10.6 Å². The van der Waals surface area contributed by atoms with Gasteiger partial charge in [-0.3, -0.25) is 0 Å². The summed E-state index contributed by atoms with van der Waals surface area (Å²) in [5, 5.41) is 37.7. The van der Waals surface area contributed by atoms with Crippen LogP contribution >= 0.6 is 11.3 Å². The predicted molar refractivity (Wildman–Crippen MR) is 123 cm³/mol. The Hall–Kier alpha value is -2.37. The topological polar surface area (TPSA) is 133 Å². The van der Waals surface area contributed by atoms with Gasteiger partial charge in [-0.2, -0.15) is 4.98 Å². The van der Waals surface area contributed by atoms with Gasteiger partial charge in [-0.05, 0) is 31.4 Å². The van der Waals surface area contributed by atoms with Crippen molar-refractivity contribution in [2.75, 3.05) is 30.5 Å². The van der Waals surface area contributed by atoms with Crippen LogP contribution in [0.15, 0.2) is 30.5 Å². The molecule has 1 saturated heterocycles. The van der Waals surface area contributed by atoms with Crippen LogP contribution in [0.2, 0.25) is 0 Å². The van der Waals surface area contributed by atoms with Gasteiger partial charge >= 0.3 is 0 Å². The molecule has 3 heterocycles. The molecule has 1 saturated carbocycles. The number of fused-ring (bicyclic) bond motifs is 1. The van der Waals surface area contributed by atoms with Gasteiger partial charge < -0.3 is 30.7 Å². The zero-order valence-corrected chi connectivity index (χ0v) is 18.3. The van der Waals surface area contributed by atoms with Crippen LogP contribution in [0.5, 0.6) is 0 Å². The van der Waals surface area contributed by atoms with Crippen molar-refractivity contribution in [2.24, 2.45) is 5.92 Å². The Morgan fingerprint density at radius 2 is 2.00 bits per heavy atom. The Bertz CT molecular complexity index is 1040. The zero-order chi connectivity index (χ0) is 22.1. The molecule has 0 unspecified atom stereocenters. The van der Waals surface area contributed by atoms with Crippen LogP contribution in [0.1, 0.15) is 19.3 Å². The molecule has 10 heteroatoms. The second-order valence-corrected chi connectivity index (χ2v) is 9.44. The van der Waals surface area contributed by atoms with Gasteiger partial charge in [-0.25, -0.2) is 9.97 Å². The second kappa shape index (κ2) is 9.24. The fourth-order valence-corrected chi connectivity index (χ4v) is 5.34. The van der Waals surface area contributed by atoms with E-state index in [9.17, 15) is 15.3 Å². The summed E-state index contributed by atoms with van der Waals surface area (Å²) in [4.78, 5) is 14.0. The van der Waals surface area contributed by atoms with Crippen LogP contribution in [0.4, 0.5) is 11.8 Å². The van der Waals surface area contributed by atoms with Crippen molar-refractivity contribution in [3.63, 3.8) is 0 Å². The number of aliphatic hydroxyl groups is 3. The average Bonchev–Trinajstić information content (AvgIpc) is 3.36. The molecule has 2 aromatic heterocycles. The van der Waals surface area contributed by atoms with Crippen LogP contribution in [-0.4, -0.2) is 74.4 Å². The third kappa shape index (κ3) is 4.28. The Labute approximate surface area is 189 Å². The summed E-state index contributed by atoms with van der Waals surface area (Å²) in [5.74, 6) is 0.625. The maximum atomic E-state index is 10.5. The number of para-hydroxylation sites is 1. The molecule has 1 aromatic carbocycles. The number of rotatable bonds is 6. The number of anilines is 2. The molecule has 5 atom stereocenters. The molecule has 1 aliphatic carbocycles. The number of benzene rings is 1. The number of hydrogen-bond donors (Lipinski definition) is 5. The molecule has 5 rings (SSSR count). The van der Waals surface area contributed by atoms with Crippen molar-refractivity contribution in [3.05, 3.63) is 30.5 Å². The van der Waals surface area contributed by atoms with E-state index < -0.39 is 18.2 Å². The van der Waals surface area contributed by atoms with E-state index in [-0.39, 0.29) is 18.6 Å². The van der Waals surface area contributed by atoms with E-state index in [1.54, 1.807) is 17.5 Å². The second-order valence-electron chi connectivity index (χ2n) is 8.41. The minimum Gasteiger partial charge on any atom is -0.396 e. The fourth-order valence-electron chi connectivity index (χ4n) is 4.37. The van der Waals surface area contributed by atoms with Crippen molar-refractivity contribution < 1.29 is 20.1 Å². The van der Waals surface area contributed by atoms with E-state index >= 15 is 0 Å². The van der Waals surface area contributed by atoms with E-state index in [0.29, 0.717) is 24.8 Å². The Morgan fingerprint density at radius 1 is 1.12 bits per heavy atom. The van der Waals surface area contributed by atoms with Gasteiger partial charge in [0.15, 0.2) is 0 Å². The molecular weight excluding hydrogens is 430 g/mol. The molecular formula is C22H27N5O4S. The number of thiazole rings is 1. The van der Waals surface area contributed by atoms with Gasteiger partial charge in [0.05, 0.1) is 40.6 Å². The monoisotopic (exact) mass is 457 g/mol. The van der Waals surface area contributed by atoms with Crippen molar-refractivity contribution >= 4 is 33.3 Å². The highest BCUT2D eigenvalue weighted by atomic mass is 32.1. The summed E-state index contributed by atoms with van der Waals surface area (Å²) in [6.45, 7) is 1.20. The predicted octanol–water partition coefficient (Wildman–Crippen LogP) is 1.86. The van der Waals surface area contributed by atoms with Gasteiger partial charge in [0.25, 0.3) is 0 Å². The van der Waals surface area contributed by atoms with Crippen molar-refractivity contribution in [1.29, 1.82) is 0 Å². The Balaban J connectivity index is 1.47. The Morgan fingerprint density at radius 3 is 2.75 bits per heavy atom. The SMILES string of the molecule is OC[C@H]1C[C@@H](Nc2nc(N[C@H]3CCCOC3)ncc2-c2nc3ccccc3s2)[C@H](O)[C@@H]1O. The van der Waals surface area contributed by atoms with Crippen LogP contribution in [0.3, 0.4) is 0 Å². The van der Waals surface area contributed by atoms with Crippen LogP contribution in [0, 0.1) is 5.92 Å². The van der Waals surface area contributed by atoms with Gasteiger partial charge in [-0.15, -0.1) is 11.3 Å². The van der Waals surface area contributed by atoms with Gasteiger partial charge in [0.1, 0.15) is 16.9 Å². The molecule has 1 aliphatic heterocycles. The summed E-state index contributed by atoms with van der Waals surface area (Å²) in [6, 6.07) is 7.60. The number of hydrogen-bond acceptors (Lipinski definition) is 10. The standard InChI is InChI=1S/C22H27N5O4S/c28-10-12-8-16(19(30)18(12)29)25-20-14(21-26-15-5-1-2-6-17(15)32-21)9-23-22(27-20)24-13-4-3-7-31-11-13/h1-2,5-6,9,12-13,16,18-19,28-30H,3-4,7-8,10-11H2,(H2,23,24,25,27)/t12-,13+,16-,18-,19+/m1/s1. The lowest BCUT2D eigenvalue weighted by Crippen LogP contribution is -2.36. The highest BCUT2D eigenvalue weighted by molar-refractivity contribution is 7.21. The summed E-state index contributed by atoms with van der Waals surface area (Å²) in [6.07, 6.45) is 2.15. The first-order valence-corrected chi connectivity index (χ1v) is 11.7. The first kappa shape index (κ1) is 21.5. The number of nitrogens with zero attached hydrogens (tertiary/aromatic N) is 3. The lowest BCUT2D eigenvalue weighted by molar-refractivity contribution is 0.00446. The first-order chi connectivity index (χ1) is 15.6. The molecule has 5 N–H and O–H groups in total. The van der Waals surface area contributed by atoms with Crippen LogP contribution in [-0.2, 0) is 4.74 Å². The Kier molecular flexibility index (Phi) is 6.20. The number of aromatic nitrogens is 3. The molecule has 170 valence electrons. The first-order valence-electron chi connectivity index (χ1n) is 10.9. The number of ether oxygens (including phenoxy) is 1. The van der Waals surface area contributed by atoms with Gasteiger partial charge in [0.2, 0.25) is 5.95 Å². The molecule has 2 aliphatic rings. The normalized spacial score (nSPS) is 28.2. The van der Waals surface area contributed by atoms with Crippen molar-refractivity contribution in [2.45, 2.75) is 43.6 Å². The molecule has 2 fully saturated rings.